The summed E-state index contributed by atoms with van der Waals surface area (Å²) in [6.07, 6.45) is 0. The lowest BCUT2D eigenvalue weighted by atomic mass is 10.0. The Labute approximate surface area is 126 Å². The van der Waals surface area contributed by atoms with Gasteiger partial charge in [-0.05, 0) is 60.7 Å². The van der Waals surface area contributed by atoms with Crippen LogP contribution in [0.4, 0.5) is 0 Å². The molecule has 0 aliphatic rings. The highest BCUT2D eigenvalue weighted by Gasteiger charge is 2.17. The largest absolute Gasteiger partial charge is 0.379 e. The summed E-state index contributed by atoms with van der Waals surface area (Å²) in [5.41, 5.74) is 3.12. The summed E-state index contributed by atoms with van der Waals surface area (Å²) in [5.74, 6) is 0.730. The van der Waals surface area contributed by atoms with Gasteiger partial charge in [-0.1, -0.05) is 32.0 Å². The van der Waals surface area contributed by atoms with Crippen molar-refractivity contribution < 1.29 is 12.6 Å². The van der Waals surface area contributed by atoms with Gasteiger partial charge in [0.25, 0.3) is 0 Å². The first-order chi connectivity index (χ1) is 9.79. The minimum atomic E-state index is -3.79. The predicted octanol–water partition coefficient (Wildman–Crippen LogP) is 4.19. The predicted molar refractivity (Wildman–Crippen MR) is 84.3 cm³/mol. The summed E-state index contributed by atoms with van der Waals surface area (Å²) in [4.78, 5) is 0.179. The number of hydrogen-bond donors (Lipinski definition) is 0. The molecule has 2 aromatic carbocycles. The Morgan fingerprint density at radius 3 is 2.05 bits per heavy atom. The maximum absolute atomic E-state index is 12.3. The zero-order valence-electron chi connectivity index (χ0n) is 12.8. The van der Waals surface area contributed by atoms with Crippen LogP contribution >= 0.6 is 0 Å². The molecule has 2 rings (SSSR count). The van der Waals surface area contributed by atoms with Crippen molar-refractivity contribution in [1.29, 1.82) is 0 Å². The zero-order chi connectivity index (χ0) is 15.6. The maximum Gasteiger partial charge on any atom is 0.339 e. The average molecular weight is 304 g/mol. The summed E-state index contributed by atoms with van der Waals surface area (Å²) in [7, 11) is -3.79. The lowest BCUT2D eigenvalue weighted by molar-refractivity contribution is 0.486. The van der Waals surface area contributed by atoms with Crippen LogP contribution in [-0.4, -0.2) is 8.42 Å². The van der Waals surface area contributed by atoms with E-state index in [1.54, 1.807) is 30.3 Å². The Kier molecular flexibility index (Phi) is 4.37. The second kappa shape index (κ2) is 5.90. The van der Waals surface area contributed by atoms with Gasteiger partial charge in [0.1, 0.15) is 10.6 Å². The molecule has 0 amide bonds. The lowest BCUT2D eigenvalue weighted by Gasteiger charge is -2.10. The zero-order valence-corrected chi connectivity index (χ0v) is 13.6. The van der Waals surface area contributed by atoms with Gasteiger partial charge in [0.2, 0.25) is 0 Å². The molecule has 0 atom stereocenters. The van der Waals surface area contributed by atoms with Crippen LogP contribution in [0.1, 0.15) is 36.5 Å². The molecule has 112 valence electrons. The minimum Gasteiger partial charge on any atom is -0.379 e. The monoisotopic (exact) mass is 304 g/mol. The van der Waals surface area contributed by atoms with Gasteiger partial charge in [0.15, 0.2) is 0 Å². The molecule has 0 spiro atoms. The molecular formula is C17H20O3S. The Hall–Kier alpha value is -1.81. The van der Waals surface area contributed by atoms with E-state index in [-0.39, 0.29) is 4.90 Å². The van der Waals surface area contributed by atoms with Gasteiger partial charge in [0, 0.05) is 0 Å². The molecule has 2 aromatic rings. The summed E-state index contributed by atoms with van der Waals surface area (Å²) < 4.78 is 29.7. The smallest absolute Gasteiger partial charge is 0.339 e. The van der Waals surface area contributed by atoms with E-state index in [0.29, 0.717) is 11.7 Å². The Morgan fingerprint density at radius 1 is 0.905 bits per heavy atom. The standard InChI is InChI=1S/C17H20O3S/c1-12(2)15-6-8-16(9-7-15)20-21(18,19)17-10-5-13(3)14(4)11-17/h5-12H,1-4H3. The van der Waals surface area contributed by atoms with Crippen molar-refractivity contribution in [2.75, 3.05) is 0 Å². The van der Waals surface area contributed by atoms with Crippen molar-refractivity contribution in [3.05, 3.63) is 59.2 Å². The SMILES string of the molecule is Cc1ccc(S(=O)(=O)Oc2ccc(C(C)C)cc2)cc1C. The fourth-order valence-corrected chi connectivity index (χ4v) is 2.97. The molecule has 0 aliphatic heterocycles. The molecule has 0 bridgehead atoms. The highest BCUT2D eigenvalue weighted by Crippen LogP contribution is 2.23. The van der Waals surface area contributed by atoms with E-state index in [4.69, 9.17) is 4.18 Å². The summed E-state index contributed by atoms with van der Waals surface area (Å²) in [6.45, 7) is 7.99. The van der Waals surface area contributed by atoms with Gasteiger partial charge in [-0.3, -0.25) is 0 Å². The number of aryl methyl sites for hydroxylation is 2. The van der Waals surface area contributed by atoms with E-state index < -0.39 is 10.1 Å². The van der Waals surface area contributed by atoms with E-state index in [1.807, 2.05) is 26.0 Å². The lowest BCUT2D eigenvalue weighted by Crippen LogP contribution is -2.10. The van der Waals surface area contributed by atoms with Crippen LogP contribution in [-0.2, 0) is 10.1 Å². The van der Waals surface area contributed by atoms with Gasteiger partial charge in [-0.15, -0.1) is 0 Å². The molecular weight excluding hydrogens is 284 g/mol. The molecule has 0 saturated carbocycles. The van der Waals surface area contributed by atoms with E-state index in [2.05, 4.69) is 13.8 Å². The quantitative estimate of drug-likeness (QED) is 0.795. The molecule has 21 heavy (non-hydrogen) atoms. The molecule has 3 nitrogen and oxygen atoms in total. The van der Waals surface area contributed by atoms with Crippen LogP contribution in [0, 0.1) is 13.8 Å². The van der Waals surface area contributed by atoms with Crippen molar-refractivity contribution in [3.63, 3.8) is 0 Å². The molecule has 4 heteroatoms. The van der Waals surface area contributed by atoms with Crippen LogP contribution in [0.3, 0.4) is 0 Å². The fourth-order valence-electron chi connectivity index (χ4n) is 1.95. The van der Waals surface area contributed by atoms with Gasteiger partial charge in [0.05, 0.1) is 0 Å². The molecule has 0 fully saturated rings. The topological polar surface area (TPSA) is 43.4 Å². The first-order valence-electron chi connectivity index (χ1n) is 6.91. The summed E-state index contributed by atoms with van der Waals surface area (Å²) >= 11 is 0. The van der Waals surface area contributed by atoms with E-state index >= 15 is 0 Å². The van der Waals surface area contributed by atoms with Crippen LogP contribution in [0.2, 0.25) is 0 Å². The molecule has 0 saturated heterocycles. The first-order valence-corrected chi connectivity index (χ1v) is 8.32. The van der Waals surface area contributed by atoms with Gasteiger partial charge < -0.3 is 4.18 Å². The molecule has 0 heterocycles. The molecule has 0 aliphatic carbocycles. The Morgan fingerprint density at radius 2 is 1.52 bits per heavy atom. The van der Waals surface area contributed by atoms with Crippen molar-refractivity contribution in [1.82, 2.24) is 0 Å². The minimum absolute atomic E-state index is 0.179. The second-order valence-electron chi connectivity index (χ2n) is 5.51. The highest BCUT2D eigenvalue weighted by molar-refractivity contribution is 7.87. The third kappa shape index (κ3) is 3.64. The molecule has 0 unspecified atom stereocenters. The van der Waals surface area contributed by atoms with Gasteiger partial charge >= 0.3 is 10.1 Å². The van der Waals surface area contributed by atoms with E-state index in [1.165, 1.54) is 0 Å². The number of benzene rings is 2. The maximum atomic E-state index is 12.3. The number of hydrogen-bond acceptors (Lipinski definition) is 3. The average Bonchev–Trinajstić information content (AvgIpc) is 2.42. The Bertz CT molecular complexity index is 729. The molecule has 0 radical (unpaired) electrons. The van der Waals surface area contributed by atoms with Crippen LogP contribution in [0.15, 0.2) is 47.4 Å². The normalized spacial score (nSPS) is 11.7. The van der Waals surface area contributed by atoms with E-state index in [9.17, 15) is 8.42 Å². The summed E-state index contributed by atoms with van der Waals surface area (Å²) in [6, 6.07) is 12.1. The second-order valence-corrected chi connectivity index (χ2v) is 7.05. The van der Waals surface area contributed by atoms with Crippen molar-refractivity contribution >= 4 is 10.1 Å². The summed E-state index contributed by atoms with van der Waals surface area (Å²) in [5, 5.41) is 0. The van der Waals surface area contributed by atoms with E-state index in [0.717, 1.165) is 16.7 Å². The molecule has 0 aromatic heterocycles. The van der Waals surface area contributed by atoms with Crippen LogP contribution in [0.25, 0.3) is 0 Å². The van der Waals surface area contributed by atoms with Crippen molar-refractivity contribution in [2.45, 2.75) is 38.5 Å². The van der Waals surface area contributed by atoms with Gasteiger partial charge in [-0.2, -0.15) is 8.42 Å². The molecule has 0 N–H and O–H groups in total. The highest BCUT2D eigenvalue weighted by atomic mass is 32.2. The number of rotatable bonds is 4. The van der Waals surface area contributed by atoms with Crippen LogP contribution in [0.5, 0.6) is 5.75 Å². The van der Waals surface area contributed by atoms with Crippen molar-refractivity contribution in [2.24, 2.45) is 0 Å². The van der Waals surface area contributed by atoms with Crippen molar-refractivity contribution in [3.8, 4) is 5.75 Å². The third-order valence-corrected chi connectivity index (χ3v) is 4.76. The first kappa shape index (κ1) is 15.6. The fraction of sp³-hybridized carbons (Fsp3) is 0.294. The van der Waals surface area contributed by atoms with Crippen LogP contribution < -0.4 is 4.18 Å². The third-order valence-electron chi connectivity index (χ3n) is 3.52. The van der Waals surface area contributed by atoms with Gasteiger partial charge in [-0.25, -0.2) is 0 Å². The Balaban J connectivity index is 2.26.